The number of halogens is 3. The van der Waals surface area contributed by atoms with Crippen LogP contribution in [0.1, 0.15) is 33.8 Å². The normalized spacial score (nSPS) is 11.8. The number of hydrogen-bond acceptors (Lipinski definition) is 5. The van der Waals surface area contributed by atoms with Gasteiger partial charge in [-0.1, -0.05) is 0 Å². The molecule has 1 aromatic carbocycles. The summed E-state index contributed by atoms with van der Waals surface area (Å²) in [5.74, 6) is -9.13. The maximum Gasteiger partial charge on any atom is 0.343 e. The first-order chi connectivity index (χ1) is 12.2. The Bertz CT molecular complexity index is 919. The van der Waals surface area contributed by atoms with Crippen molar-refractivity contribution in [3.05, 3.63) is 62.8 Å². The fourth-order valence-electron chi connectivity index (χ4n) is 2.49. The molecule has 0 radical (unpaired) electrons. The molecule has 138 valence electrons. The number of nitrogens with one attached hydrogen (secondary N) is 1. The molecule has 0 aliphatic heterocycles. The molecule has 1 heterocycles. The SMILES string of the molecule is COC(=O)c1c[nH]c(=O)c([C@@H](CC(N)=O)c2cc(F)c(F)c(F)c2)c1O. The van der Waals surface area contributed by atoms with E-state index in [0.29, 0.717) is 12.1 Å². The number of carbonyl (C=O) groups excluding carboxylic acids is 2. The van der Waals surface area contributed by atoms with E-state index in [-0.39, 0.29) is 5.56 Å². The van der Waals surface area contributed by atoms with Gasteiger partial charge in [-0.15, -0.1) is 0 Å². The molecule has 0 aliphatic carbocycles. The van der Waals surface area contributed by atoms with Gasteiger partial charge in [0.1, 0.15) is 11.3 Å². The standard InChI is InChI=1S/C16H13F3N2O5/c1-26-16(25)8-5-21-15(24)12(14(8)23)7(4-11(20)22)6-2-9(17)13(19)10(18)3-6/h2-3,5,7H,4H2,1H3,(H2,20,22)(H2,21,23,24)/t7-/m0/s1. The quantitative estimate of drug-likeness (QED) is 0.541. The number of aromatic nitrogens is 1. The van der Waals surface area contributed by atoms with E-state index in [1.165, 1.54) is 0 Å². The molecule has 0 spiro atoms. The molecule has 2 rings (SSSR count). The van der Waals surface area contributed by atoms with Crippen LogP contribution in [0.2, 0.25) is 0 Å². The van der Waals surface area contributed by atoms with Gasteiger partial charge in [-0.25, -0.2) is 18.0 Å². The van der Waals surface area contributed by atoms with Crippen molar-refractivity contribution in [2.45, 2.75) is 12.3 Å². The minimum Gasteiger partial charge on any atom is -0.506 e. The minimum absolute atomic E-state index is 0.331. The molecule has 26 heavy (non-hydrogen) atoms. The predicted molar refractivity (Wildman–Crippen MR) is 82.0 cm³/mol. The first-order valence-electron chi connectivity index (χ1n) is 7.13. The number of pyridine rings is 1. The summed E-state index contributed by atoms with van der Waals surface area (Å²) in [5, 5.41) is 10.3. The third-order valence-corrected chi connectivity index (χ3v) is 3.67. The molecule has 0 unspecified atom stereocenters. The van der Waals surface area contributed by atoms with E-state index in [9.17, 15) is 32.7 Å². The Balaban J connectivity index is 2.75. The van der Waals surface area contributed by atoms with Crippen molar-refractivity contribution < 1.29 is 32.6 Å². The lowest BCUT2D eigenvalue weighted by Gasteiger charge is -2.18. The van der Waals surface area contributed by atoms with Gasteiger partial charge in [0.05, 0.1) is 12.7 Å². The number of ether oxygens (including phenoxy) is 1. The highest BCUT2D eigenvalue weighted by Crippen LogP contribution is 2.34. The van der Waals surface area contributed by atoms with Crippen LogP contribution in [-0.2, 0) is 9.53 Å². The van der Waals surface area contributed by atoms with E-state index in [0.717, 1.165) is 13.3 Å². The molecular weight excluding hydrogens is 357 g/mol. The fraction of sp³-hybridized carbons (Fsp3) is 0.188. The lowest BCUT2D eigenvalue weighted by atomic mass is 9.87. The highest BCUT2D eigenvalue weighted by atomic mass is 19.2. The zero-order valence-corrected chi connectivity index (χ0v) is 13.3. The number of carbonyl (C=O) groups is 2. The van der Waals surface area contributed by atoms with Gasteiger partial charge in [-0.3, -0.25) is 9.59 Å². The van der Waals surface area contributed by atoms with Crippen LogP contribution in [0.15, 0.2) is 23.1 Å². The molecule has 0 aliphatic rings. The lowest BCUT2D eigenvalue weighted by Crippen LogP contribution is -2.24. The summed E-state index contributed by atoms with van der Waals surface area (Å²) >= 11 is 0. The first-order valence-corrected chi connectivity index (χ1v) is 7.13. The highest BCUT2D eigenvalue weighted by Gasteiger charge is 2.28. The van der Waals surface area contributed by atoms with E-state index in [1.807, 2.05) is 0 Å². The minimum atomic E-state index is -1.74. The number of rotatable bonds is 5. The fourth-order valence-corrected chi connectivity index (χ4v) is 2.49. The Labute approximate surface area is 144 Å². The second-order valence-corrected chi connectivity index (χ2v) is 5.31. The third-order valence-electron chi connectivity index (χ3n) is 3.67. The summed E-state index contributed by atoms with van der Waals surface area (Å²) in [6.07, 6.45) is 0.228. The lowest BCUT2D eigenvalue weighted by molar-refractivity contribution is -0.118. The molecule has 2 aromatic rings. The molecule has 0 bridgehead atoms. The van der Waals surface area contributed by atoms with Crippen LogP contribution in [0.3, 0.4) is 0 Å². The number of esters is 1. The largest absolute Gasteiger partial charge is 0.506 e. The van der Waals surface area contributed by atoms with Crippen molar-refractivity contribution in [3.8, 4) is 5.75 Å². The van der Waals surface area contributed by atoms with Crippen molar-refractivity contribution in [3.63, 3.8) is 0 Å². The molecular formula is C16H13F3N2O5. The number of amides is 1. The molecule has 0 saturated carbocycles. The predicted octanol–water partition coefficient (Wildman–Crippen LogP) is 1.29. The molecule has 0 fully saturated rings. The number of nitrogens with two attached hydrogens (primary N) is 1. The van der Waals surface area contributed by atoms with Crippen LogP contribution in [0.5, 0.6) is 5.75 Å². The Morgan fingerprint density at radius 3 is 2.35 bits per heavy atom. The number of benzene rings is 1. The summed E-state index contributed by atoms with van der Waals surface area (Å²) in [7, 11) is 1.03. The monoisotopic (exact) mass is 370 g/mol. The highest BCUT2D eigenvalue weighted by molar-refractivity contribution is 5.92. The Morgan fingerprint density at radius 1 is 1.27 bits per heavy atom. The van der Waals surface area contributed by atoms with Crippen molar-refractivity contribution in [2.24, 2.45) is 5.73 Å². The van der Waals surface area contributed by atoms with Gasteiger partial charge >= 0.3 is 5.97 Å². The molecule has 1 amide bonds. The molecule has 1 atom stereocenters. The second kappa shape index (κ2) is 7.30. The number of primary amides is 1. The zero-order chi connectivity index (χ0) is 19.6. The van der Waals surface area contributed by atoms with Gasteiger partial charge in [-0.2, -0.15) is 0 Å². The Hall–Kier alpha value is -3.30. The van der Waals surface area contributed by atoms with Crippen molar-refractivity contribution >= 4 is 11.9 Å². The third kappa shape index (κ3) is 3.53. The number of hydrogen-bond donors (Lipinski definition) is 3. The Morgan fingerprint density at radius 2 is 1.85 bits per heavy atom. The maximum absolute atomic E-state index is 13.6. The molecule has 1 aromatic heterocycles. The summed E-state index contributed by atoms with van der Waals surface area (Å²) < 4.78 is 44.8. The van der Waals surface area contributed by atoms with Crippen LogP contribution >= 0.6 is 0 Å². The molecule has 7 nitrogen and oxygen atoms in total. The van der Waals surface area contributed by atoms with Crippen LogP contribution in [0.25, 0.3) is 0 Å². The van der Waals surface area contributed by atoms with Gasteiger partial charge in [0.2, 0.25) is 5.91 Å². The second-order valence-electron chi connectivity index (χ2n) is 5.31. The number of aromatic hydroxyl groups is 1. The van der Waals surface area contributed by atoms with Gasteiger partial charge < -0.3 is 20.6 Å². The summed E-state index contributed by atoms with van der Waals surface area (Å²) in [6.45, 7) is 0. The van der Waals surface area contributed by atoms with Gasteiger partial charge in [-0.05, 0) is 17.7 Å². The van der Waals surface area contributed by atoms with Gasteiger partial charge in [0.15, 0.2) is 17.5 Å². The van der Waals surface area contributed by atoms with Gasteiger partial charge in [0.25, 0.3) is 5.56 Å². The summed E-state index contributed by atoms with van der Waals surface area (Å²) in [5.41, 5.74) is 2.85. The number of aromatic amines is 1. The van der Waals surface area contributed by atoms with E-state index in [1.54, 1.807) is 0 Å². The molecule has 0 saturated heterocycles. The number of methoxy groups -OCH3 is 1. The average molecular weight is 370 g/mol. The van der Waals surface area contributed by atoms with Crippen LogP contribution in [0.4, 0.5) is 13.2 Å². The maximum atomic E-state index is 13.6. The summed E-state index contributed by atoms with van der Waals surface area (Å²) in [4.78, 5) is 37.3. The average Bonchev–Trinajstić information content (AvgIpc) is 2.57. The van der Waals surface area contributed by atoms with Crippen LogP contribution in [0, 0.1) is 17.5 Å². The van der Waals surface area contributed by atoms with Crippen LogP contribution in [-0.4, -0.2) is 29.1 Å². The Kier molecular flexibility index (Phi) is 5.34. The van der Waals surface area contributed by atoms with Crippen molar-refractivity contribution in [1.82, 2.24) is 4.98 Å². The van der Waals surface area contributed by atoms with E-state index in [2.05, 4.69) is 9.72 Å². The smallest absolute Gasteiger partial charge is 0.343 e. The van der Waals surface area contributed by atoms with E-state index in [4.69, 9.17) is 5.73 Å². The zero-order valence-electron chi connectivity index (χ0n) is 13.3. The topological polar surface area (TPSA) is 122 Å². The van der Waals surface area contributed by atoms with Crippen molar-refractivity contribution in [2.75, 3.05) is 7.11 Å². The molecule has 10 heteroatoms. The van der Waals surface area contributed by atoms with E-state index >= 15 is 0 Å². The van der Waals surface area contributed by atoms with E-state index < -0.39 is 64.1 Å². The van der Waals surface area contributed by atoms with Gasteiger partial charge in [0, 0.05) is 18.5 Å². The molecule has 4 N–H and O–H groups in total. The number of H-pyrrole nitrogens is 1. The van der Waals surface area contributed by atoms with Crippen LogP contribution < -0.4 is 11.3 Å². The van der Waals surface area contributed by atoms with Crippen molar-refractivity contribution in [1.29, 1.82) is 0 Å². The first kappa shape index (κ1) is 19.0. The summed E-state index contributed by atoms with van der Waals surface area (Å²) in [6, 6.07) is 1.13.